The molecule has 1 aliphatic rings. The van der Waals surface area contributed by atoms with Crippen LogP contribution in [0.15, 0.2) is 18.2 Å². The number of nitrogens with two attached hydrogens (primary N) is 1. The second-order valence-corrected chi connectivity index (χ2v) is 5.65. The van der Waals surface area contributed by atoms with Gasteiger partial charge >= 0.3 is 0 Å². The van der Waals surface area contributed by atoms with Crippen LogP contribution in [0, 0.1) is 6.92 Å². The molecular formula is C15H23N3S. The molecule has 1 aromatic rings. The van der Waals surface area contributed by atoms with Crippen molar-refractivity contribution in [2.75, 3.05) is 37.6 Å². The fourth-order valence-electron chi connectivity index (χ4n) is 2.65. The van der Waals surface area contributed by atoms with Crippen molar-refractivity contribution >= 4 is 22.9 Å². The zero-order valence-corrected chi connectivity index (χ0v) is 12.7. The quantitative estimate of drug-likeness (QED) is 0.855. The standard InChI is InChI=1S/C15H23N3S/c1-3-6-17-7-9-18(10-8-17)14-5-4-12(2)11-13(14)15(16)19/h4-5,11H,3,6-10H2,1-2H3,(H2,16,19). The Kier molecular flexibility index (Phi) is 4.77. The lowest BCUT2D eigenvalue weighted by Crippen LogP contribution is -2.47. The highest BCUT2D eigenvalue weighted by Gasteiger charge is 2.19. The van der Waals surface area contributed by atoms with Crippen LogP contribution in [-0.4, -0.2) is 42.6 Å². The zero-order valence-electron chi connectivity index (χ0n) is 11.9. The third kappa shape index (κ3) is 3.45. The van der Waals surface area contributed by atoms with E-state index in [-0.39, 0.29) is 0 Å². The van der Waals surface area contributed by atoms with E-state index in [0.717, 1.165) is 31.7 Å². The molecule has 0 aromatic heterocycles. The Bertz CT molecular complexity index is 451. The first kappa shape index (κ1) is 14.3. The zero-order chi connectivity index (χ0) is 13.8. The van der Waals surface area contributed by atoms with Crippen LogP contribution in [0.2, 0.25) is 0 Å². The van der Waals surface area contributed by atoms with Gasteiger partial charge in [-0.2, -0.15) is 0 Å². The Hall–Kier alpha value is -1.13. The molecule has 104 valence electrons. The molecule has 0 aliphatic carbocycles. The number of benzene rings is 1. The summed E-state index contributed by atoms with van der Waals surface area (Å²) in [6, 6.07) is 6.38. The van der Waals surface area contributed by atoms with Crippen molar-refractivity contribution in [2.45, 2.75) is 20.3 Å². The summed E-state index contributed by atoms with van der Waals surface area (Å²) in [6.07, 6.45) is 1.22. The summed E-state index contributed by atoms with van der Waals surface area (Å²) in [5.74, 6) is 0. The van der Waals surface area contributed by atoms with Gasteiger partial charge in [0.2, 0.25) is 0 Å². The van der Waals surface area contributed by atoms with Crippen molar-refractivity contribution in [3.05, 3.63) is 29.3 Å². The molecule has 2 rings (SSSR count). The average Bonchev–Trinajstić information content (AvgIpc) is 2.40. The number of piperazine rings is 1. The molecule has 0 unspecified atom stereocenters. The maximum atomic E-state index is 5.86. The molecule has 2 N–H and O–H groups in total. The van der Waals surface area contributed by atoms with Crippen molar-refractivity contribution in [3.8, 4) is 0 Å². The first-order valence-corrected chi connectivity index (χ1v) is 7.40. The van der Waals surface area contributed by atoms with E-state index in [0.29, 0.717) is 4.99 Å². The number of aryl methyl sites for hydroxylation is 1. The SMILES string of the molecule is CCCN1CCN(c2ccc(C)cc2C(N)=S)CC1. The molecule has 19 heavy (non-hydrogen) atoms. The van der Waals surface area contributed by atoms with Crippen LogP contribution >= 0.6 is 12.2 Å². The number of hydrogen-bond donors (Lipinski definition) is 1. The number of anilines is 1. The van der Waals surface area contributed by atoms with E-state index >= 15 is 0 Å². The van der Waals surface area contributed by atoms with E-state index < -0.39 is 0 Å². The molecule has 4 heteroatoms. The van der Waals surface area contributed by atoms with Crippen LogP contribution in [0.25, 0.3) is 0 Å². The van der Waals surface area contributed by atoms with Crippen molar-refractivity contribution in [1.29, 1.82) is 0 Å². The molecule has 1 saturated heterocycles. The summed E-state index contributed by atoms with van der Waals surface area (Å²) in [6.45, 7) is 9.86. The van der Waals surface area contributed by atoms with Gasteiger partial charge in [0.05, 0.1) is 0 Å². The number of nitrogens with zero attached hydrogens (tertiary/aromatic N) is 2. The first-order chi connectivity index (χ1) is 9.11. The molecule has 1 aromatic carbocycles. The Labute approximate surface area is 121 Å². The van der Waals surface area contributed by atoms with Crippen LogP contribution in [0.5, 0.6) is 0 Å². The van der Waals surface area contributed by atoms with Crippen LogP contribution in [0.4, 0.5) is 5.69 Å². The number of rotatable bonds is 4. The van der Waals surface area contributed by atoms with Gasteiger partial charge in [-0.05, 0) is 32.0 Å². The highest BCUT2D eigenvalue weighted by atomic mass is 32.1. The highest BCUT2D eigenvalue weighted by Crippen LogP contribution is 2.23. The Morgan fingerprint density at radius 2 is 1.95 bits per heavy atom. The third-order valence-electron chi connectivity index (χ3n) is 3.67. The second kappa shape index (κ2) is 6.35. The van der Waals surface area contributed by atoms with Gasteiger partial charge in [0.25, 0.3) is 0 Å². The lowest BCUT2D eigenvalue weighted by molar-refractivity contribution is 0.258. The Balaban J connectivity index is 2.13. The van der Waals surface area contributed by atoms with Gasteiger partial charge in [0.1, 0.15) is 4.99 Å². The number of hydrogen-bond acceptors (Lipinski definition) is 3. The number of thiocarbonyl (C=S) groups is 1. The summed E-state index contributed by atoms with van der Waals surface area (Å²) < 4.78 is 0. The van der Waals surface area contributed by atoms with Crippen molar-refractivity contribution < 1.29 is 0 Å². The van der Waals surface area contributed by atoms with Crippen LogP contribution in [0.3, 0.4) is 0 Å². The van der Waals surface area contributed by atoms with E-state index in [4.69, 9.17) is 18.0 Å². The van der Waals surface area contributed by atoms with Gasteiger partial charge in [0, 0.05) is 37.4 Å². The van der Waals surface area contributed by atoms with E-state index in [2.05, 4.69) is 41.8 Å². The van der Waals surface area contributed by atoms with Crippen molar-refractivity contribution in [2.24, 2.45) is 5.73 Å². The molecule has 0 spiro atoms. The minimum absolute atomic E-state index is 0.495. The third-order valence-corrected chi connectivity index (χ3v) is 3.89. The van der Waals surface area contributed by atoms with Gasteiger partial charge < -0.3 is 10.6 Å². The lowest BCUT2D eigenvalue weighted by Gasteiger charge is -2.36. The second-order valence-electron chi connectivity index (χ2n) is 5.21. The van der Waals surface area contributed by atoms with Crippen molar-refractivity contribution in [1.82, 2.24) is 4.90 Å². The molecule has 0 radical (unpaired) electrons. The molecule has 1 fully saturated rings. The molecular weight excluding hydrogens is 254 g/mol. The Morgan fingerprint density at radius 3 is 2.53 bits per heavy atom. The molecule has 0 bridgehead atoms. The van der Waals surface area contributed by atoms with E-state index in [1.165, 1.54) is 24.2 Å². The lowest BCUT2D eigenvalue weighted by atomic mass is 10.1. The maximum absolute atomic E-state index is 5.86. The van der Waals surface area contributed by atoms with E-state index in [1.54, 1.807) is 0 Å². The average molecular weight is 277 g/mol. The van der Waals surface area contributed by atoms with E-state index in [1.807, 2.05) is 0 Å². The maximum Gasteiger partial charge on any atom is 0.106 e. The van der Waals surface area contributed by atoms with Gasteiger partial charge in [-0.15, -0.1) is 0 Å². The molecule has 0 atom stereocenters. The largest absolute Gasteiger partial charge is 0.389 e. The minimum atomic E-state index is 0.495. The van der Waals surface area contributed by atoms with Crippen LogP contribution in [-0.2, 0) is 0 Å². The molecule has 0 saturated carbocycles. The summed E-state index contributed by atoms with van der Waals surface area (Å²) in [7, 11) is 0. The summed E-state index contributed by atoms with van der Waals surface area (Å²) in [4.78, 5) is 5.42. The molecule has 0 amide bonds. The van der Waals surface area contributed by atoms with Gasteiger partial charge in [-0.3, -0.25) is 4.90 Å². The van der Waals surface area contributed by atoms with Gasteiger partial charge in [-0.25, -0.2) is 0 Å². The first-order valence-electron chi connectivity index (χ1n) is 6.99. The minimum Gasteiger partial charge on any atom is -0.389 e. The van der Waals surface area contributed by atoms with Crippen LogP contribution < -0.4 is 10.6 Å². The summed E-state index contributed by atoms with van der Waals surface area (Å²) in [5.41, 5.74) is 9.27. The van der Waals surface area contributed by atoms with Crippen LogP contribution in [0.1, 0.15) is 24.5 Å². The molecule has 1 aliphatic heterocycles. The highest BCUT2D eigenvalue weighted by molar-refractivity contribution is 7.80. The van der Waals surface area contributed by atoms with E-state index in [9.17, 15) is 0 Å². The topological polar surface area (TPSA) is 32.5 Å². The van der Waals surface area contributed by atoms with Gasteiger partial charge in [0.15, 0.2) is 0 Å². The Morgan fingerprint density at radius 1 is 1.26 bits per heavy atom. The normalized spacial score (nSPS) is 16.6. The monoisotopic (exact) mass is 277 g/mol. The summed E-state index contributed by atoms with van der Waals surface area (Å²) >= 11 is 5.18. The molecule has 1 heterocycles. The predicted molar refractivity (Wildman–Crippen MR) is 86.0 cm³/mol. The molecule has 3 nitrogen and oxygen atoms in total. The smallest absolute Gasteiger partial charge is 0.106 e. The summed E-state index contributed by atoms with van der Waals surface area (Å²) in [5, 5.41) is 0. The predicted octanol–water partition coefficient (Wildman–Crippen LogP) is 2.16. The fourth-order valence-corrected chi connectivity index (χ4v) is 2.82. The van der Waals surface area contributed by atoms with Gasteiger partial charge in [-0.1, -0.05) is 30.8 Å². The fraction of sp³-hybridized carbons (Fsp3) is 0.533. The van der Waals surface area contributed by atoms with Crippen molar-refractivity contribution in [3.63, 3.8) is 0 Å².